The number of likely N-dealkylation sites (N-methyl/N-ethyl adjacent to an activating group) is 1. The molecule has 2 N–H and O–H groups in total. The molecule has 7 heteroatoms. The normalized spacial score (nSPS) is 20.3. The molecule has 0 unspecified atom stereocenters. The topological polar surface area (TPSA) is 44.4 Å². The van der Waals surface area contributed by atoms with Gasteiger partial charge in [-0.15, -0.1) is 0 Å². The van der Waals surface area contributed by atoms with E-state index in [4.69, 9.17) is 0 Å². The van der Waals surface area contributed by atoms with Gasteiger partial charge in [-0.3, -0.25) is 9.69 Å². The lowest BCUT2D eigenvalue weighted by Crippen LogP contribution is -2.41. The van der Waals surface area contributed by atoms with E-state index < -0.39 is 11.7 Å². The Morgan fingerprint density at radius 2 is 1.82 bits per heavy atom. The van der Waals surface area contributed by atoms with Crippen LogP contribution in [0.3, 0.4) is 0 Å². The molecule has 0 radical (unpaired) electrons. The van der Waals surface area contributed by atoms with Gasteiger partial charge in [0.15, 0.2) is 0 Å². The molecule has 1 saturated heterocycles. The van der Waals surface area contributed by atoms with Gasteiger partial charge in [0.25, 0.3) is 0 Å². The van der Waals surface area contributed by atoms with Gasteiger partial charge in [-0.2, -0.15) is 13.2 Å². The highest BCUT2D eigenvalue weighted by molar-refractivity contribution is 5.81. The summed E-state index contributed by atoms with van der Waals surface area (Å²) in [5, 5.41) is 6.02. The van der Waals surface area contributed by atoms with Crippen molar-refractivity contribution in [3.8, 4) is 0 Å². The summed E-state index contributed by atoms with van der Waals surface area (Å²) in [6.45, 7) is 1.64. The number of nitrogens with zero attached hydrogens (tertiary/aromatic N) is 1. The molecule has 0 aromatic heterocycles. The Bertz CT molecular complexity index is 795. The van der Waals surface area contributed by atoms with Gasteiger partial charge < -0.3 is 10.6 Å². The van der Waals surface area contributed by atoms with Crippen LogP contribution < -0.4 is 10.6 Å². The number of carbonyl (C=O) groups is 1. The molecule has 2 aromatic carbocycles. The molecular weight excluding hydrogens is 367 g/mol. The van der Waals surface area contributed by atoms with E-state index in [1.807, 2.05) is 30.3 Å². The highest BCUT2D eigenvalue weighted by atomic mass is 19.4. The summed E-state index contributed by atoms with van der Waals surface area (Å²) >= 11 is 0. The molecule has 2 atom stereocenters. The number of hydrogen-bond acceptors (Lipinski definition) is 3. The maximum Gasteiger partial charge on any atom is 0.416 e. The highest BCUT2D eigenvalue weighted by Crippen LogP contribution is 2.29. The fourth-order valence-corrected chi connectivity index (χ4v) is 3.60. The molecule has 1 heterocycles. The lowest BCUT2D eigenvalue weighted by molar-refractivity contribution is -0.137. The number of benzene rings is 2. The number of nitrogens with one attached hydrogen (secondary N) is 2. The first-order valence-electron chi connectivity index (χ1n) is 9.26. The summed E-state index contributed by atoms with van der Waals surface area (Å²) in [6.07, 6.45) is -3.73. The third-order valence-corrected chi connectivity index (χ3v) is 5.03. The van der Waals surface area contributed by atoms with Crippen LogP contribution in [0, 0.1) is 0 Å². The van der Waals surface area contributed by atoms with Gasteiger partial charge in [-0.25, -0.2) is 0 Å². The zero-order valence-corrected chi connectivity index (χ0v) is 15.7. The van der Waals surface area contributed by atoms with Crippen LogP contribution in [0.15, 0.2) is 54.6 Å². The molecule has 0 saturated carbocycles. The van der Waals surface area contributed by atoms with E-state index in [9.17, 15) is 18.0 Å². The third kappa shape index (κ3) is 5.11. The molecule has 1 fully saturated rings. The summed E-state index contributed by atoms with van der Waals surface area (Å²) in [6, 6.07) is 15.0. The average Bonchev–Trinajstić information content (AvgIpc) is 3.09. The summed E-state index contributed by atoms with van der Waals surface area (Å²) in [5.41, 5.74) is 1.05. The Morgan fingerprint density at radius 1 is 1.11 bits per heavy atom. The Kier molecular flexibility index (Phi) is 6.36. The molecule has 0 aliphatic carbocycles. The number of halogens is 3. The molecule has 0 bridgehead atoms. The molecule has 28 heavy (non-hydrogen) atoms. The van der Waals surface area contributed by atoms with E-state index in [2.05, 4.69) is 15.5 Å². The summed E-state index contributed by atoms with van der Waals surface area (Å²) in [4.78, 5) is 14.4. The zero-order chi connectivity index (χ0) is 20.1. The minimum atomic E-state index is -4.35. The summed E-state index contributed by atoms with van der Waals surface area (Å²) in [7, 11) is 1.62. The predicted molar refractivity (Wildman–Crippen MR) is 101 cm³/mol. The van der Waals surface area contributed by atoms with Crippen LogP contribution in [0.2, 0.25) is 0 Å². The molecule has 4 nitrogen and oxygen atoms in total. The van der Waals surface area contributed by atoms with E-state index >= 15 is 0 Å². The molecule has 0 spiro atoms. The zero-order valence-electron chi connectivity index (χ0n) is 15.7. The van der Waals surface area contributed by atoms with Crippen molar-refractivity contribution in [2.24, 2.45) is 0 Å². The number of carbonyl (C=O) groups excluding carboxylic acids is 1. The number of rotatable bonds is 6. The van der Waals surface area contributed by atoms with Crippen LogP contribution in [0.5, 0.6) is 0 Å². The van der Waals surface area contributed by atoms with Crippen LogP contribution in [-0.4, -0.2) is 36.5 Å². The molecular formula is C21H24F3N3O. The second kappa shape index (κ2) is 8.75. The molecule has 1 aliphatic rings. The second-order valence-electron chi connectivity index (χ2n) is 7.06. The van der Waals surface area contributed by atoms with Crippen molar-refractivity contribution in [3.63, 3.8) is 0 Å². The molecule has 1 aliphatic heterocycles. The Hall–Kier alpha value is -2.38. The van der Waals surface area contributed by atoms with Crippen molar-refractivity contribution < 1.29 is 18.0 Å². The van der Waals surface area contributed by atoms with E-state index in [1.165, 1.54) is 12.1 Å². The standard InChI is InChI=1S/C21H24F3N3O/c1-25-20(28)19-11-18(14-27(19)13-15-6-3-2-4-7-15)26-12-16-8-5-9-17(10-16)21(22,23)24/h2-10,18-19,26H,11-14H2,1H3,(H,25,28)/t18-,19+/m1/s1. The van der Waals surface area contributed by atoms with Gasteiger partial charge in [0.1, 0.15) is 0 Å². The maximum absolute atomic E-state index is 12.9. The number of alkyl halides is 3. The van der Waals surface area contributed by atoms with Crippen molar-refractivity contribution in [1.29, 1.82) is 0 Å². The second-order valence-corrected chi connectivity index (χ2v) is 7.06. The lowest BCUT2D eigenvalue weighted by atomic mass is 10.1. The van der Waals surface area contributed by atoms with Crippen LogP contribution in [-0.2, 0) is 24.1 Å². The minimum absolute atomic E-state index is 0.0283. The lowest BCUT2D eigenvalue weighted by Gasteiger charge is -2.22. The predicted octanol–water partition coefficient (Wildman–Crippen LogP) is 3.18. The van der Waals surface area contributed by atoms with Crippen molar-refractivity contribution >= 4 is 5.91 Å². The fraction of sp³-hybridized carbons (Fsp3) is 0.381. The minimum Gasteiger partial charge on any atom is -0.358 e. The number of likely N-dealkylation sites (tertiary alicyclic amines) is 1. The maximum atomic E-state index is 12.9. The first kappa shape index (κ1) is 20.4. The molecule has 2 aromatic rings. The van der Waals surface area contributed by atoms with Gasteiger partial charge >= 0.3 is 6.18 Å². The largest absolute Gasteiger partial charge is 0.416 e. The van der Waals surface area contributed by atoms with E-state index in [0.29, 0.717) is 31.6 Å². The van der Waals surface area contributed by atoms with Gasteiger partial charge in [0.2, 0.25) is 5.91 Å². The third-order valence-electron chi connectivity index (χ3n) is 5.03. The quantitative estimate of drug-likeness (QED) is 0.795. The van der Waals surface area contributed by atoms with Crippen LogP contribution in [0.4, 0.5) is 13.2 Å². The van der Waals surface area contributed by atoms with Crippen molar-refractivity contribution in [3.05, 3.63) is 71.3 Å². The van der Waals surface area contributed by atoms with Crippen molar-refractivity contribution in [2.45, 2.75) is 37.8 Å². The number of hydrogen-bond donors (Lipinski definition) is 2. The SMILES string of the molecule is CNC(=O)[C@@H]1C[C@@H](NCc2cccc(C(F)(F)F)c2)CN1Cc1ccccc1. The van der Waals surface area contributed by atoms with E-state index in [1.54, 1.807) is 13.1 Å². The Labute approximate surface area is 162 Å². The molecule has 150 valence electrons. The van der Waals surface area contributed by atoms with Gasteiger partial charge in [-0.1, -0.05) is 48.5 Å². The number of amides is 1. The van der Waals surface area contributed by atoms with E-state index in [0.717, 1.165) is 11.6 Å². The molecule has 1 amide bonds. The monoisotopic (exact) mass is 391 g/mol. The summed E-state index contributed by atoms with van der Waals surface area (Å²) < 4.78 is 38.6. The summed E-state index contributed by atoms with van der Waals surface area (Å²) in [5.74, 6) is -0.0423. The Balaban J connectivity index is 1.64. The van der Waals surface area contributed by atoms with Crippen LogP contribution >= 0.6 is 0 Å². The van der Waals surface area contributed by atoms with Crippen molar-refractivity contribution in [2.75, 3.05) is 13.6 Å². The van der Waals surface area contributed by atoms with Crippen molar-refractivity contribution in [1.82, 2.24) is 15.5 Å². The van der Waals surface area contributed by atoms with Gasteiger partial charge in [0.05, 0.1) is 11.6 Å². The first-order chi connectivity index (χ1) is 13.4. The van der Waals surface area contributed by atoms with Gasteiger partial charge in [-0.05, 0) is 23.6 Å². The first-order valence-corrected chi connectivity index (χ1v) is 9.26. The fourth-order valence-electron chi connectivity index (χ4n) is 3.60. The van der Waals surface area contributed by atoms with Crippen LogP contribution in [0.25, 0.3) is 0 Å². The Morgan fingerprint density at radius 3 is 2.50 bits per heavy atom. The molecule has 3 rings (SSSR count). The van der Waals surface area contributed by atoms with Gasteiger partial charge in [0, 0.05) is 32.7 Å². The average molecular weight is 391 g/mol. The van der Waals surface area contributed by atoms with Crippen LogP contribution in [0.1, 0.15) is 23.1 Å². The smallest absolute Gasteiger partial charge is 0.358 e. The van der Waals surface area contributed by atoms with E-state index in [-0.39, 0.29) is 18.0 Å². The highest BCUT2D eigenvalue weighted by Gasteiger charge is 2.36.